The molecule has 5 nitrogen and oxygen atoms in total. The third kappa shape index (κ3) is 4.00. The number of hydrogen-bond acceptors (Lipinski definition) is 3. The van der Waals surface area contributed by atoms with Crippen LogP contribution in [0.5, 0.6) is 5.75 Å². The van der Waals surface area contributed by atoms with Crippen molar-refractivity contribution in [1.29, 1.82) is 5.41 Å². The highest BCUT2D eigenvalue weighted by Crippen LogP contribution is 2.34. The fourth-order valence-corrected chi connectivity index (χ4v) is 3.13. The van der Waals surface area contributed by atoms with Crippen LogP contribution in [0.15, 0.2) is 47.3 Å². The zero-order valence-corrected chi connectivity index (χ0v) is 15.9. The van der Waals surface area contributed by atoms with Gasteiger partial charge < -0.3 is 4.74 Å². The highest BCUT2D eigenvalue weighted by molar-refractivity contribution is 6.39. The zero-order chi connectivity index (χ0) is 20.4. The lowest BCUT2D eigenvalue weighted by atomic mass is 10.1. The Bertz CT molecular complexity index is 1130. The molecule has 3 aromatic rings. The lowest BCUT2D eigenvalue weighted by Gasteiger charge is -2.06. The van der Waals surface area contributed by atoms with Crippen LogP contribution in [0, 0.1) is 17.0 Å². The molecule has 9 heteroatoms. The Hall–Kier alpha value is -2.90. The van der Waals surface area contributed by atoms with Crippen molar-refractivity contribution in [3.05, 3.63) is 80.2 Å². The number of aromatic amines is 1. The van der Waals surface area contributed by atoms with Crippen LogP contribution >= 0.6 is 23.2 Å². The van der Waals surface area contributed by atoms with Gasteiger partial charge in [0, 0.05) is 24.8 Å². The van der Waals surface area contributed by atoms with Crippen molar-refractivity contribution >= 4 is 35.2 Å². The van der Waals surface area contributed by atoms with Crippen LogP contribution in [-0.2, 0) is 7.05 Å². The number of nitrogens with one attached hydrogen (secondary N) is 2. The predicted octanol–water partition coefficient (Wildman–Crippen LogP) is 5.03. The van der Waals surface area contributed by atoms with Crippen molar-refractivity contribution in [2.45, 2.75) is 0 Å². The second-order valence-corrected chi connectivity index (χ2v) is 6.55. The maximum Gasteiger partial charge on any atom is 0.274 e. The monoisotopic (exact) mass is 423 g/mol. The number of aryl methyl sites for hydroxylation is 1. The largest absolute Gasteiger partial charge is 0.437 e. The lowest BCUT2D eigenvalue weighted by Crippen LogP contribution is -2.13. The van der Waals surface area contributed by atoms with Crippen molar-refractivity contribution in [3.63, 3.8) is 0 Å². The predicted molar refractivity (Wildman–Crippen MR) is 105 cm³/mol. The molecule has 0 aliphatic heterocycles. The molecule has 0 atom stereocenters. The van der Waals surface area contributed by atoms with Crippen LogP contribution in [0.3, 0.4) is 0 Å². The molecule has 2 aromatic carbocycles. The summed E-state index contributed by atoms with van der Waals surface area (Å²) in [5.74, 6) is -2.41. The molecule has 0 aliphatic carbocycles. The van der Waals surface area contributed by atoms with E-state index in [0.29, 0.717) is 27.4 Å². The topological polar surface area (TPSA) is 70.9 Å². The average molecular weight is 424 g/mol. The summed E-state index contributed by atoms with van der Waals surface area (Å²) in [6.07, 6.45) is 2.61. The van der Waals surface area contributed by atoms with Crippen LogP contribution < -0.4 is 10.3 Å². The number of rotatable bonds is 4. The fraction of sp³-hybridized carbons (Fsp3) is 0.0526. The molecule has 3 rings (SSSR count). The summed E-state index contributed by atoms with van der Waals surface area (Å²) in [4.78, 5) is 12.5. The van der Waals surface area contributed by atoms with Gasteiger partial charge in [0.1, 0.15) is 5.82 Å². The summed E-state index contributed by atoms with van der Waals surface area (Å²) >= 11 is 12.4. The number of benzene rings is 2. The molecule has 1 aromatic heterocycles. The molecule has 0 radical (unpaired) electrons. The van der Waals surface area contributed by atoms with Crippen LogP contribution in [0.1, 0.15) is 5.69 Å². The summed E-state index contributed by atoms with van der Waals surface area (Å²) in [5.41, 5.74) is 0.529. The Morgan fingerprint density at radius 1 is 1.18 bits per heavy atom. The van der Waals surface area contributed by atoms with E-state index in [-0.39, 0.29) is 16.9 Å². The molecule has 0 saturated heterocycles. The first-order valence-corrected chi connectivity index (χ1v) is 8.66. The van der Waals surface area contributed by atoms with E-state index in [1.54, 1.807) is 18.2 Å². The van der Waals surface area contributed by atoms with E-state index in [1.807, 2.05) is 0 Å². The second-order valence-electron chi connectivity index (χ2n) is 5.74. The van der Waals surface area contributed by atoms with E-state index in [9.17, 15) is 13.6 Å². The number of ether oxygens (including phenoxy) is 1. The van der Waals surface area contributed by atoms with Crippen LogP contribution in [0.25, 0.3) is 17.2 Å². The Balaban J connectivity index is 1.94. The van der Waals surface area contributed by atoms with Gasteiger partial charge in [0.2, 0.25) is 5.90 Å². The molecule has 2 N–H and O–H groups in total. The molecule has 0 aliphatic rings. The Morgan fingerprint density at radius 2 is 1.86 bits per heavy atom. The molecule has 0 spiro atoms. The SMILES string of the molecule is Cn1[nH]c(/C=C\C(=N)Oc2ccc(F)cc2F)c(-c2c(Cl)cccc2Cl)c1=O. The third-order valence-corrected chi connectivity index (χ3v) is 4.43. The van der Waals surface area contributed by atoms with Gasteiger partial charge in [-0.1, -0.05) is 29.3 Å². The van der Waals surface area contributed by atoms with E-state index in [2.05, 4.69) is 5.10 Å². The molecule has 28 heavy (non-hydrogen) atoms. The van der Waals surface area contributed by atoms with Gasteiger partial charge in [-0.05, 0) is 30.3 Å². The van der Waals surface area contributed by atoms with Crippen LogP contribution in [-0.4, -0.2) is 15.7 Å². The van der Waals surface area contributed by atoms with E-state index >= 15 is 0 Å². The maximum absolute atomic E-state index is 13.6. The van der Waals surface area contributed by atoms with Gasteiger partial charge in [0.15, 0.2) is 11.6 Å². The van der Waals surface area contributed by atoms with E-state index in [0.717, 1.165) is 12.1 Å². The molecule has 144 valence electrons. The molecular weight excluding hydrogens is 411 g/mol. The van der Waals surface area contributed by atoms with E-state index in [1.165, 1.54) is 23.9 Å². The molecule has 0 bridgehead atoms. The van der Waals surface area contributed by atoms with Crippen molar-refractivity contribution in [2.24, 2.45) is 7.05 Å². The second kappa shape index (κ2) is 8.00. The molecule has 0 amide bonds. The van der Waals surface area contributed by atoms with Gasteiger partial charge in [-0.15, -0.1) is 0 Å². The summed E-state index contributed by atoms with van der Waals surface area (Å²) in [5, 5.41) is 11.2. The minimum Gasteiger partial charge on any atom is -0.437 e. The first kappa shape index (κ1) is 19.9. The van der Waals surface area contributed by atoms with Crippen molar-refractivity contribution in [3.8, 4) is 16.9 Å². The normalized spacial score (nSPS) is 11.2. The summed E-state index contributed by atoms with van der Waals surface area (Å²) in [7, 11) is 1.52. The van der Waals surface area contributed by atoms with Gasteiger partial charge in [-0.3, -0.25) is 20.0 Å². The van der Waals surface area contributed by atoms with Crippen molar-refractivity contribution in [1.82, 2.24) is 9.78 Å². The van der Waals surface area contributed by atoms with Gasteiger partial charge in [0.05, 0.1) is 21.3 Å². The Labute approximate surface area is 168 Å². The molecule has 0 fully saturated rings. The van der Waals surface area contributed by atoms with Crippen molar-refractivity contribution < 1.29 is 13.5 Å². The highest BCUT2D eigenvalue weighted by Gasteiger charge is 2.18. The lowest BCUT2D eigenvalue weighted by molar-refractivity contribution is 0.483. The number of aromatic nitrogens is 2. The number of halogens is 4. The summed E-state index contributed by atoms with van der Waals surface area (Å²) in [6, 6.07) is 7.60. The fourth-order valence-electron chi connectivity index (χ4n) is 2.54. The number of nitrogens with zero attached hydrogens (tertiary/aromatic N) is 1. The van der Waals surface area contributed by atoms with Gasteiger partial charge in [0.25, 0.3) is 5.56 Å². The molecular formula is C19H13Cl2F2N3O2. The number of H-pyrrole nitrogens is 1. The Kier molecular flexibility index (Phi) is 5.67. The van der Waals surface area contributed by atoms with Gasteiger partial charge >= 0.3 is 0 Å². The van der Waals surface area contributed by atoms with Gasteiger partial charge in [-0.25, -0.2) is 8.78 Å². The highest BCUT2D eigenvalue weighted by atomic mass is 35.5. The smallest absolute Gasteiger partial charge is 0.274 e. The Morgan fingerprint density at radius 3 is 2.50 bits per heavy atom. The first-order chi connectivity index (χ1) is 13.3. The summed E-state index contributed by atoms with van der Waals surface area (Å²) < 4.78 is 32.9. The minimum atomic E-state index is -0.935. The van der Waals surface area contributed by atoms with E-state index < -0.39 is 17.5 Å². The van der Waals surface area contributed by atoms with Crippen LogP contribution in [0.4, 0.5) is 8.78 Å². The van der Waals surface area contributed by atoms with Crippen LogP contribution in [0.2, 0.25) is 10.0 Å². The minimum absolute atomic E-state index is 0.218. The first-order valence-electron chi connectivity index (χ1n) is 7.91. The molecule has 0 unspecified atom stereocenters. The van der Waals surface area contributed by atoms with E-state index in [4.69, 9.17) is 33.3 Å². The van der Waals surface area contributed by atoms with Gasteiger partial charge in [-0.2, -0.15) is 0 Å². The van der Waals surface area contributed by atoms with Crippen molar-refractivity contribution in [2.75, 3.05) is 0 Å². The summed E-state index contributed by atoms with van der Waals surface area (Å²) in [6.45, 7) is 0. The molecule has 1 heterocycles. The standard InChI is InChI=1S/C19H13Cl2F2N3O2/c1-26-19(27)18(17-11(20)3-2-4-12(17)21)14(25-26)6-8-16(24)28-15-7-5-10(22)9-13(15)23/h2-9,24-25H,1H3/b8-6-,24-16?. The number of hydrogen-bond donors (Lipinski definition) is 2. The quantitative estimate of drug-likeness (QED) is 0.455. The molecule has 0 saturated carbocycles. The zero-order valence-electron chi connectivity index (χ0n) is 14.4. The maximum atomic E-state index is 13.6. The average Bonchev–Trinajstić information content (AvgIpc) is 2.90. The third-order valence-electron chi connectivity index (χ3n) is 3.80.